The second-order valence-electron chi connectivity index (χ2n) is 3.64. The number of hydrogen-bond acceptors (Lipinski definition) is 3. The second-order valence-corrected chi connectivity index (χ2v) is 3.64. The van der Waals surface area contributed by atoms with Gasteiger partial charge in [-0.2, -0.15) is 5.10 Å². The molecule has 1 rings (SSSR count). The van der Waals surface area contributed by atoms with Crippen LogP contribution in [0.5, 0.6) is 0 Å². The van der Waals surface area contributed by atoms with Gasteiger partial charge in [-0.1, -0.05) is 0 Å². The van der Waals surface area contributed by atoms with Crippen LogP contribution in [0.2, 0.25) is 0 Å². The zero-order chi connectivity index (χ0) is 12.0. The molecule has 0 amide bonds. The summed E-state index contributed by atoms with van der Waals surface area (Å²) in [6, 6.07) is 1.99. The molecule has 1 aromatic heterocycles. The smallest absolute Gasteiger partial charge is 0.303 e. The molecule has 1 heterocycles. The van der Waals surface area contributed by atoms with E-state index in [2.05, 4.69) is 5.10 Å². The standard InChI is InChI=1S/C11H18N2O3/c1-3-13-10(7-9(2)12-13)8-16-6-4-5-11(14)15/h7H,3-6,8H2,1-2H3,(H,14,15). The quantitative estimate of drug-likeness (QED) is 0.717. The number of aliphatic carboxylic acids is 1. The average molecular weight is 226 g/mol. The van der Waals surface area contributed by atoms with Crippen molar-refractivity contribution in [3.05, 3.63) is 17.5 Å². The second kappa shape index (κ2) is 6.27. The Hall–Kier alpha value is -1.36. The van der Waals surface area contributed by atoms with Gasteiger partial charge in [0, 0.05) is 19.6 Å². The zero-order valence-electron chi connectivity index (χ0n) is 9.77. The largest absolute Gasteiger partial charge is 0.481 e. The third kappa shape index (κ3) is 4.02. The first kappa shape index (κ1) is 12.7. The van der Waals surface area contributed by atoms with Crippen molar-refractivity contribution in [1.82, 2.24) is 9.78 Å². The number of hydrogen-bond donors (Lipinski definition) is 1. The molecule has 5 heteroatoms. The Kier molecular flexibility index (Phi) is 4.98. The maximum absolute atomic E-state index is 10.3. The van der Waals surface area contributed by atoms with E-state index >= 15 is 0 Å². The van der Waals surface area contributed by atoms with Crippen LogP contribution in [0.1, 0.15) is 31.2 Å². The van der Waals surface area contributed by atoms with E-state index in [1.165, 1.54) is 0 Å². The van der Waals surface area contributed by atoms with Gasteiger partial charge in [-0.05, 0) is 26.3 Å². The van der Waals surface area contributed by atoms with Gasteiger partial charge in [0.05, 0.1) is 18.0 Å². The van der Waals surface area contributed by atoms with Crippen LogP contribution in [-0.4, -0.2) is 27.5 Å². The molecule has 1 N–H and O–H groups in total. The Morgan fingerprint density at radius 3 is 3.00 bits per heavy atom. The minimum absolute atomic E-state index is 0.159. The maximum Gasteiger partial charge on any atom is 0.303 e. The Bertz CT molecular complexity index is 347. The van der Waals surface area contributed by atoms with E-state index in [-0.39, 0.29) is 6.42 Å². The molecule has 0 aromatic carbocycles. The molecule has 0 aliphatic rings. The molecule has 0 aliphatic carbocycles. The SMILES string of the molecule is CCn1nc(C)cc1COCCCC(=O)O. The van der Waals surface area contributed by atoms with Gasteiger partial charge in [-0.25, -0.2) is 0 Å². The first-order valence-electron chi connectivity index (χ1n) is 5.46. The molecule has 0 saturated carbocycles. The van der Waals surface area contributed by atoms with Crippen molar-refractivity contribution in [2.45, 2.75) is 39.8 Å². The summed E-state index contributed by atoms with van der Waals surface area (Å²) in [6.07, 6.45) is 0.709. The molecule has 0 fully saturated rings. The van der Waals surface area contributed by atoms with Crippen molar-refractivity contribution in [3.8, 4) is 0 Å². The van der Waals surface area contributed by atoms with Crippen molar-refractivity contribution in [3.63, 3.8) is 0 Å². The summed E-state index contributed by atoms with van der Waals surface area (Å²) < 4.78 is 7.30. The Balaban J connectivity index is 2.28. The molecule has 0 saturated heterocycles. The molecule has 16 heavy (non-hydrogen) atoms. The molecular weight excluding hydrogens is 208 g/mol. The van der Waals surface area contributed by atoms with E-state index in [4.69, 9.17) is 9.84 Å². The van der Waals surface area contributed by atoms with Gasteiger partial charge in [0.2, 0.25) is 0 Å². The molecule has 0 unspecified atom stereocenters. The van der Waals surface area contributed by atoms with Crippen LogP contribution in [0, 0.1) is 6.92 Å². The maximum atomic E-state index is 10.3. The Morgan fingerprint density at radius 2 is 2.38 bits per heavy atom. The first-order chi connectivity index (χ1) is 7.63. The molecule has 5 nitrogen and oxygen atoms in total. The predicted molar refractivity (Wildman–Crippen MR) is 59.2 cm³/mol. The van der Waals surface area contributed by atoms with Crippen molar-refractivity contribution in [2.75, 3.05) is 6.61 Å². The van der Waals surface area contributed by atoms with Gasteiger partial charge < -0.3 is 9.84 Å². The molecule has 0 bridgehead atoms. The van der Waals surface area contributed by atoms with Gasteiger partial charge >= 0.3 is 5.97 Å². The van der Waals surface area contributed by atoms with E-state index < -0.39 is 5.97 Å². The van der Waals surface area contributed by atoms with Gasteiger partial charge in [-0.15, -0.1) is 0 Å². The normalized spacial score (nSPS) is 10.6. The number of aryl methyl sites for hydroxylation is 2. The lowest BCUT2D eigenvalue weighted by Crippen LogP contribution is -2.06. The van der Waals surface area contributed by atoms with Crippen LogP contribution in [0.25, 0.3) is 0 Å². The fourth-order valence-electron chi connectivity index (χ4n) is 1.49. The highest BCUT2D eigenvalue weighted by Crippen LogP contribution is 2.05. The number of ether oxygens (including phenoxy) is 1. The molecule has 90 valence electrons. The van der Waals surface area contributed by atoms with Crippen LogP contribution < -0.4 is 0 Å². The fourth-order valence-corrected chi connectivity index (χ4v) is 1.49. The lowest BCUT2D eigenvalue weighted by atomic mass is 10.3. The van der Waals surface area contributed by atoms with Crippen LogP contribution in [0.15, 0.2) is 6.07 Å². The highest BCUT2D eigenvalue weighted by Gasteiger charge is 2.04. The number of carboxylic acid groups (broad SMARTS) is 1. The third-order valence-electron chi connectivity index (χ3n) is 2.21. The van der Waals surface area contributed by atoms with Crippen molar-refractivity contribution in [1.29, 1.82) is 0 Å². The highest BCUT2D eigenvalue weighted by atomic mass is 16.5. The van der Waals surface area contributed by atoms with Gasteiger partial charge in [0.25, 0.3) is 0 Å². The van der Waals surface area contributed by atoms with Gasteiger partial charge in [0.15, 0.2) is 0 Å². The first-order valence-corrected chi connectivity index (χ1v) is 5.46. The Labute approximate surface area is 95.0 Å². The van der Waals surface area contributed by atoms with E-state index in [0.717, 1.165) is 17.9 Å². The third-order valence-corrected chi connectivity index (χ3v) is 2.21. The fraction of sp³-hybridized carbons (Fsp3) is 0.636. The van der Waals surface area contributed by atoms with E-state index in [9.17, 15) is 4.79 Å². The van der Waals surface area contributed by atoms with Crippen molar-refractivity contribution < 1.29 is 14.6 Å². The van der Waals surface area contributed by atoms with Crippen LogP contribution in [-0.2, 0) is 22.7 Å². The van der Waals surface area contributed by atoms with E-state index in [1.807, 2.05) is 24.6 Å². The zero-order valence-corrected chi connectivity index (χ0v) is 9.77. The number of carboxylic acids is 1. The van der Waals surface area contributed by atoms with E-state index in [1.54, 1.807) is 0 Å². The summed E-state index contributed by atoms with van der Waals surface area (Å²) in [5, 5.41) is 12.7. The van der Waals surface area contributed by atoms with Crippen LogP contribution in [0.4, 0.5) is 0 Å². The minimum Gasteiger partial charge on any atom is -0.481 e. The molecule has 0 spiro atoms. The number of aromatic nitrogens is 2. The topological polar surface area (TPSA) is 64.4 Å². The molecular formula is C11H18N2O3. The van der Waals surface area contributed by atoms with Crippen LogP contribution in [0.3, 0.4) is 0 Å². The summed E-state index contributed by atoms with van der Waals surface area (Å²) in [7, 11) is 0. The average Bonchev–Trinajstić information content (AvgIpc) is 2.58. The van der Waals surface area contributed by atoms with Crippen LogP contribution >= 0.6 is 0 Å². The summed E-state index contributed by atoms with van der Waals surface area (Å²) in [6.45, 7) is 5.76. The summed E-state index contributed by atoms with van der Waals surface area (Å²) >= 11 is 0. The summed E-state index contributed by atoms with van der Waals surface area (Å²) in [5.74, 6) is -0.780. The van der Waals surface area contributed by atoms with E-state index in [0.29, 0.717) is 19.6 Å². The van der Waals surface area contributed by atoms with Gasteiger partial charge in [0.1, 0.15) is 0 Å². The number of nitrogens with zero attached hydrogens (tertiary/aromatic N) is 2. The monoisotopic (exact) mass is 226 g/mol. The van der Waals surface area contributed by atoms with Crippen molar-refractivity contribution >= 4 is 5.97 Å². The van der Waals surface area contributed by atoms with Crippen molar-refractivity contribution in [2.24, 2.45) is 0 Å². The predicted octanol–water partition coefficient (Wildman–Crippen LogP) is 1.59. The van der Waals surface area contributed by atoms with Gasteiger partial charge in [-0.3, -0.25) is 9.48 Å². The number of carbonyl (C=O) groups is 1. The molecule has 0 radical (unpaired) electrons. The lowest BCUT2D eigenvalue weighted by Gasteiger charge is -2.05. The lowest BCUT2D eigenvalue weighted by molar-refractivity contribution is -0.137. The molecule has 1 aromatic rings. The number of rotatable bonds is 7. The summed E-state index contributed by atoms with van der Waals surface area (Å²) in [4.78, 5) is 10.3. The highest BCUT2D eigenvalue weighted by molar-refractivity contribution is 5.66. The Morgan fingerprint density at radius 1 is 1.62 bits per heavy atom. The molecule has 0 atom stereocenters. The summed E-state index contributed by atoms with van der Waals surface area (Å²) in [5.41, 5.74) is 2.02. The minimum atomic E-state index is -0.780. The molecule has 0 aliphatic heterocycles.